The first-order chi connectivity index (χ1) is 12.0. The second kappa shape index (κ2) is 7.43. The second-order valence-corrected chi connectivity index (χ2v) is 7.95. The molecule has 2 aromatic rings. The van der Waals surface area contributed by atoms with E-state index in [4.69, 9.17) is 4.74 Å². The number of likely N-dealkylation sites (N-methyl/N-ethyl adjacent to an activating group) is 2. The van der Waals surface area contributed by atoms with E-state index in [1.165, 1.54) is 4.31 Å². The highest BCUT2D eigenvalue weighted by Gasteiger charge is 2.41. The van der Waals surface area contributed by atoms with Crippen LogP contribution in [0.5, 0.6) is 5.75 Å². The Morgan fingerprint density at radius 3 is 2.52 bits per heavy atom. The molecule has 3 rings (SSSR count). The Bertz CT molecular complexity index is 811. The smallest absolute Gasteiger partial charge is 0.279 e. The number of hydrogen-bond donors (Lipinski definition) is 1. The fourth-order valence-electron chi connectivity index (χ4n) is 2.81. The van der Waals surface area contributed by atoms with Crippen molar-refractivity contribution in [1.82, 2.24) is 10.2 Å². The van der Waals surface area contributed by atoms with Crippen molar-refractivity contribution in [2.45, 2.75) is 5.44 Å². The molecule has 0 saturated carbocycles. The van der Waals surface area contributed by atoms with Gasteiger partial charge in [0.25, 0.3) is 10.0 Å². The van der Waals surface area contributed by atoms with Crippen molar-refractivity contribution >= 4 is 21.4 Å². The average molecular weight is 361 g/mol. The fourth-order valence-corrected chi connectivity index (χ4v) is 4.55. The third-order valence-corrected chi connectivity index (χ3v) is 5.95. The van der Waals surface area contributed by atoms with Gasteiger partial charge in [0.1, 0.15) is 5.75 Å². The Morgan fingerprint density at radius 2 is 1.80 bits per heavy atom. The van der Waals surface area contributed by atoms with Crippen LogP contribution in [-0.4, -0.2) is 52.5 Å². The zero-order valence-electron chi connectivity index (χ0n) is 14.4. The van der Waals surface area contributed by atoms with Crippen LogP contribution in [0.15, 0.2) is 54.6 Å². The zero-order chi connectivity index (χ0) is 17.9. The number of sulfonamides is 1. The number of rotatable bonds is 6. The predicted octanol–water partition coefficient (Wildman–Crippen LogP) is 2.02. The van der Waals surface area contributed by atoms with Gasteiger partial charge in [-0.1, -0.05) is 30.3 Å². The van der Waals surface area contributed by atoms with Gasteiger partial charge in [0.05, 0.1) is 17.9 Å². The molecule has 0 spiro atoms. The quantitative estimate of drug-likeness (QED) is 0.853. The molecule has 0 radical (unpaired) electrons. The highest BCUT2D eigenvalue weighted by Crippen LogP contribution is 2.41. The number of anilines is 2. The predicted molar refractivity (Wildman–Crippen MR) is 99.8 cm³/mol. The standard InChI is InChI=1S/C18H23N3O3S/c1-19-12-13-20(2)14-18-24-17-11-7-6-10-16(17)21(25(18,22)23)15-8-4-3-5-9-15/h3-11,18-19H,12-14H2,1-2H3. The lowest BCUT2D eigenvalue weighted by molar-refractivity contribution is 0.201. The molecule has 1 heterocycles. The molecule has 1 aliphatic rings. The molecule has 134 valence electrons. The first kappa shape index (κ1) is 17.7. The van der Waals surface area contributed by atoms with Crippen LogP contribution in [0.1, 0.15) is 0 Å². The minimum absolute atomic E-state index is 0.293. The molecule has 1 N–H and O–H groups in total. The summed E-state index contributed by atoms with van der Waals surface area (Å²) < 4.78 is 33.7. The summed E-state index contributed by atoms with van der Waals surface area (Å²) in [5, 5.41) is 3.06. The van der Waals surface area contributed by atoms with Crippen molar-refractivity contribution in [3.63, 3.8) is 0 Å². The van der Waals surface area contributed by atoms with Crippen LogP contribution in [0.25, 0.3) is 0 Å². The molecular formula is C18H23N3O3S. The highest BCUT2D eigenvalue weighted by atomic mass is 32.2. The molecule has 1 aliphatic heterocycles. The molecule has 25 heavy (non-hydrogen) atoms. The van der Waals surface area contributed by atoms with E-state index in [2.05, 4.69) is 5.32 Å². The third-order valence-electron chi connectivity index (χ3n) is 4.12. The largest absolute Gasteiger partial charge is 0.469 e. The van der Waals surface area contributed by atoms with Crippen LogP contribution < -0.4 is 14.4 Å². The molecule has 0 saturated heterocycles. The Morgan fingerprint density at radius 1 is 1.12 bits per heavy atom. The fraction of sp³-hybridized carbons (Fsp3) is 0.333. The summed E-state index contributed by atoms with van der Waals surface area (Å²) in [7, 11) is 0.0607. The zero-order valence-corrected chi connectivity index (χ0v) is 15.2. The van der Waals surface area contributed by atoms with E-state index in [0.717, 1.165) is 13.1 Å². The topological polar surface area (TPSA) is 61.9 Å². The molecule has 0 fully saturated rings. The van der Waals surface area contributed by atoms with Crippen LogP contribution in [-0.2, 0) is 10.0 Å². The van der Waals surface area contributed by atoms with Crippen LogP contribution >= 0.6 is 0 Å². The van der Waals surface area contributed by atoms with Crippen molar-refractivity contribution < 1.29 is 13.2 Å². The van der Waals surface area contributed by atoms with Gasteiger partial charge in [0, 0.05) is 13.1 Å². The molecule has 6 nitrogen and oxygen atoms in total. The number of nitrogens with zero attached hydrogens (tertiary/aromatic N) is 2. The van der Waals surface area contributed by atoms with Gasteiger partial charge < -0.3 is 15.0 Å². The van der Waals surface area contributed by atoms with Crippen molar-refractivity contribution in [3.05, 3.63) is 54.6 Å². The maximum absolute atomic E-state index is 13.2. The number of benzene rings is 2. The lowest BCUT2D eigenvalue weighted by Gasteiger charge is -2.36. The highest BCUT2D eigenvalue weighted by molar-refractivity contribution is 7.93. The van der Waals surface area contributed by atoms with Gasteiger partial charge in [0.2, 0.25) is 5.44 Å². The monoisotopic (exact) mass is 361 g/mol. The molecule has 0 aromatic heterocycles. The van der Waals surface area contributed by atoms with Crippen LogP contribution in [0.3, 0.4) is 0 Å². The number of para-hydroxylation sites is 3. The maximum atomic E-state index is 13.2. The maximum Gasteiger partial charge on any atom is 0.279 e. The SMILES string of the molecule is CNCCN(C)CC1Oc2ccccc2N(c2ccccc2)S1(=O)=O. The summed E-state index contributed by atoms with van der Waals surface area (Å²) in [6.07, 6.45) is 0. The van der Waals surface area contributed by atoms with Crippen LogP contribution in [0.4, 0.5) is 11.4 Å². The lowest BCUT2D eigenvalue weighted by Crippen LogP contribution is -2.48. The van der Waals surface area contributed by atoms with Crippen molar-refractivity contribution in [2.75, 3.05) is 38.0 Å². The molecule has 0 bridgehead atoms. The molecular weight excluding hydrogens is 338 g/mol. The van der Waals surface area contributed by atoms with Gasteiger partial charge in [-0.15, -0.1) is 0 Å². The minimum atomic E-state index is -3.70. The number of ether oxygens (including phenoxy) is 1. The summed E-state index contributed by atoms with van der Waals surface area (Å²) in [6.45, 7) is 1.81. The Kier molecular flexibility index (Phi) is 5.27. The number of hydrogen-bond acceptors (Lipinski definition) is 5. The Labute approximate surface area is 149 Å². The van der Waals surface area contributed by atoms with Gasteiger partial charge in [-0.2, -0.15) is 0 Å². The first-order valence-electron chi connectivity index (χ1n) is 8.22. The molecule has 2 aromatic carbocycles. The molecule has 1 unspecified atom stereocenters. The Hall–Kier alpha value is -2.09. The summed E-state index contributed by atoms with van der Waals surface area (Å²) in [5.74, 6) is 0.577. The molecule has 0 amide bonds. The first-order valence-corrected chi connectivity index (χ1v) is 9.72. The summed E-state index contributed by atoms with van der Waals surface area (Å²) in [5.41, 5.74) is 0.202. The van der Waals surface area contributed by atoms with E-state index >= 15 is 0 Å². The second-order valence-electron chi connectivity index (χ2n) is 6.03. The molecule has 1 atom stereocenters. The van der Waals surface area contributed by atoms with E-state index in [9.17, 15) is 8.42 Å². The van der Waals surface area contributed by atoms with Gasteiger partial charge in [-0.05, 0) is 38.4 Å². The molecule has 0 aliphatic carbocycles. The summed E-state index contributed by atoms with van der Waals surface area (Å²) >= 11 is 0. The van der Waals surface area contributed by atoms with E-state index in [0.29, 0.717) is 23.7 Å². The molecule has 7 heteroatoms. The van der Waals surface area contributed by atoms with Gasteiger partial charge in [-0.25, -0.2) is 12.7 Å². The van der Waals surface area contributed by atoms with E-state index in [1.807, 2.05) is 49.3 Å². The number of fused-ring (bicyclic) bond motifs is 1. The van der Waals surface area contributed by atoms with Crippen molar-refractivity contribution in [3.8, 4) is 5.75 Å². The van der Waals surface area contributed by atoms with E-state index in [1.54, 1.807) is 24.3 Å². The Balaban J connectivity index is 1.99. The summed E-state index contributed by atoms with van der Waals surface area (Å²) in [6, 6.07) is 16.3. The van der Waals surface area contributed by atoms with Crippen LogP contribution in [0, 0.1) is 0 Å². The van der Waals surface area contributed by atoms with Gasteiger partial charge >= 0.3 is 0 Å². The average Bonchev–Trinajstić information content (AvgIpc) is 2.61. The number of nitrogens with one attached hydrogen (secondary N) is 1. The van der Waals surface area contributed by atoms with Crippen LogP contribution in [0.2, 0.25) is 0 Å². The van der Waals surface area contributed by atoms with Crippen molar-refractivity contribution in [1.29, 1.82) is 0 Å². The van der Waals surface area contributed by atoms with Crippen molar-refractivity contribution in [2.24, 2.45) is 0 Å². The van der Waals surface area contributed by atoms with E-state index < -0.39 is 15.5 Å². The van der Waals surface area contributed by atoms with Gasteiger partial charge in [-0.3, -0.25) is 0 Å². The van der Waals surface area contributed by atoms with E-state index in [-0.39, 0.29) is 0 Å². The minimum Gasteiger partial charge on any atom is -0.469 e. The third kappa shape index (κ3) is 3.63. The summed E-state index contributed by atoms with van der Waals surface area (Å²) in [4.78, 5) is 1.95. The normalized spacial score (nSPS) is 18.7. The van der Waals surface area contributed by atoms with Gasteiger partial charge in [0.15, 0.2) is 0 Å². The lowest BCUT2D eigenvalue weighted by atomic mass is 10.2.